The first-order valence-electron chi connectivity index (χ1n) is 5.97. The summed E-state index contributed by atoms with van der Waals surface area (Å²) in [5, 5.41) is 8.35. The number of aromatic amines is 1. The normalized spacial score (nSPS) is 9.95. The largest absolute Gasteiger partial charge is 0.465 e. The summed E-state index contributed by atoms with van der Waals surface area (Å²) in [7, 11) is 1.28. The van der Waals surface area contributed by atoms with Crippen LogP contribution in [0.15, 0.2) is 35.3 Å². The lowest BCUT2D eigenvalue weighted by Crippen LogP contribution is -2.25. The quantitative estimate of drug-likeness (QED) is 0.758. The van der Waals surface area contributed by atoms with Gasteiger partial charge < -0.3 is 10.1 Å². The zero-order valence-electron chi connectivity index (χ0n) is 11.1. The highest BCUT2D eigenvalue weighted by molar-refractivity contribution is 5.92. The zero-order valence-corrected chi connectivity index (χ0v) is 11.1. The van der Waals surface area contributed by atoms with Crippen LogP contribution in [-0.2, 0) is 11.3 Å². The average Bonchev–Trinajstić information content (AvgIpc) is 2.52. The molecule has 0 aliphatic heterocycles. The average molecular weight is 288 g/mol. The first kappa shape index (κ1) is 14.4. The highest BCUT2D eigenvalue weighted by Crippen LogP contribution is 2.03. The van der Waals surface area contributed by atoms with Gasteiger partial charge in [-0.2, -0.15) is 5.10 Å². The molecule has 0 fully saturated rings. The maximum Gasteiger partial charge on any atom is 0.337 e. The molecule has 108 valence electrons. The van der Waals surface area contributed by atoms with E-state index in [1.165, 1.54) is 37.6 Å². The standard InChI is InChI=1S/C13H12N4O4/c1-21-13(20)8-4-5-14-9(6-8)7-15-12(19)10-2-3-11(18)17-16-10/h2-6H,7H2,1H3,(H,15,19)(H,17,18). The lowest BCUT2D eigenvalue weighted by molar-refractivity contribution is 0.0600. The summed E-state index contributed by atoms with van der Waals surface area (Å²) < 4.78 is 4.60. The third-order valence-electron chi connectivity index (χ3n) is 2.58. The van der Waals surface area contributed by atoms with Crippen LogP contribution in [0.3, 0.4) is 0 Å². The third-order valence-corrected chi connectivity index (χ3v) is 2.58. The van der Waals surface area contributed by atoms with Gasteiger partial charge >= 0.3 is 5.97 Å². The first-order chi connectivity index (χ1) is 10.1. The van der Waals surface area contributed by atoms with Gasteiger partial charge in [-0.15, -0.1) is 0 Å². The Hall–Kier alpha value is -3.03. The monoisotopic (exact) mass is 288 g/mol. The molecular formula is C13H12N4O4. The summed E-state index contributed by atoms with van der Waals surface area (Å²) in [5.74, 6) is -0.941. The van der Waals surface area contributed by atoms with Crippen molar-refractivity contribution < 1.29 is 14.3 Å². The summed E-state index contributed by atoms with van der Waals surface area (Å²) >= 11 is 0. The first-order valence-corrected chi connectivity index (χ1v) is 5.97. The summed E-state index contributed by atoms with van der Waals surface area (Å²) in [4.78, 5) is 38.1. The molecule has 0 aromatic carbocycles. The summed E-state index contributed by atoms with van der Waals surface area (Å²) in [6, 6.07) is 5.55. The van der Waals surface area contributed by atoms with Crippen molar-refractivity contribution in [3.8, 4) is 0 Å². The molecule has 0 saturated heterocycles. The van der Waals surface area contributed by atoms with Crippen molar-refractivity contribution in [2.45, 2.75) is 6.54 Å². The van der Waals surface area contributed by atoms with Crippen LogP contribution in [0, 0.1) is 0 Å². The highest BCUT2D eigenvalue weighted by atomic mass is 16.5. The van der Waals surface area contributed by atoms with Crippen molar-refractivity contribution in [1.29, 1.82) is 0 Å². The fraction of sp³-hybridized carbons (Fsp3) is 0.154. The molecule has 1 amide bonds. The van der Waals surface area contributed by atoms with E-state index in [2.05, 4.69) is 25.2 Å². The molecule has 0 aliphatic rings. The second-order valence-electron chi connectivity index (χ2n) is 4.02. The number of hydrogen-bond acceptors (Lipinski definition) is 6. The van der Waals surface area contributed by atoms with Gasteiger partial charge in [0.1, 0.15) is 5.69 Å². The van der Waals surface area contributed by atoms with Crippen LogP contribution < -0.4 is 10.9 Å². The van der Waals surface area contributed by atoms with E-state index >= 15 is 0 Å². The molecule has 0 unspecified atom stereocenters. The minimum atomic E-state index is -0.479. The topological polar surface area (TPSA) is 114 Å². The fourth-order valence-corrected chi connectivity index (χ4v) is 1.55. The Kier molecular flexibility index (Phi) is 4.39. The Morgan fingerprint density at radius 1 is 1.33 bits per heavy atom. The van der Waals surface area contributed by atoms with E-state index in [0.717, 1.165) is 0 Å². The van der Waals surface area contributed by atoms with Crippen LogP contribution in [0.25, 0.3) is 0 Å². The maximum atomic E-state index is 11.8. The van der Waals surface area contributed by atoms with Crippen LogP contribution in [0.1, 0.15) is 26.5 Å². The predicted molar refractivity (Wildman–Crippen MR) is 71.6 cm³/mol. The van der Waals surface area contributed by atoms with Crippen LogP contribution in [0.2, 0.25) is 0 Å². The second-order valence-corrected chi connectivity index (χ2v) is 4.02. The maximum absolute atomic E-state index is 11.8. The van der Waals surface area contributed by atoms with E-state index in [1.54, 1.807) is 0 Å². The highest BCUT2D eigenvalue weighted by Gasteiger charge is 2.09. The minimum Gasteiger partial charge on any atom is -0.465 e. The number of carbonyl (C=O) groups is 2. The van der Waals surface area contributed by atoms with Gasteiger partial charge in [0.2, 0.25) is 0 Å². The Labute approximate surface area is 119 Å². The predicted octanol–water partition coefficient (Wildman–Crippen LogP) is -0.118. The number of carbonyl (C=O) groups excluding carboxylic acids is 2. The van der Waals surface area contributed by atoms with Gasteiger partial charge in [0.15, 0.2) is 0 Å². The fourth-order valence-electron chi connectivity index (χ4n) is 1.55. The smallest absolute Gasteiger partial charge is 0.337 e. The Morgan fingerprint density at radius 2 is 2.14 bits per heavy atom. The minimum absolute atomic E-state index is 0.0822. The van der Waals surface area contributed by atoms with Gasteiger partial charge in [-0.1, -0.05) is 0 Å². The Balaban J connectivity index is 2.02. The molecule has 8 heteroatoms. The molecule has 2 aromatic heterocycles. The molecule has 0 aliphatic carbocycles. The molecular weight excluding hydrogens is 276 g/mol. The lowest BCUT2D eigenvalue weighted by Gasteiger charge is -2.05. The number of nitrogens with one attached hydrogen (secondary N) is 2. The van der Waals surface area contributed by atoms with Crippen LogP contribution in [0.4, 0.5) is 0 Å². The Bertz CT molecular complexity index is 706. The molecule has 2 N–H and O–H groups in total. The number of esters is 1. The molecule has 0 saturated carbocycles. The van der Waals surface area contributed by atoms with E-state index in [1.807, 2.05) is 0 Å². The molecule has 0 atom stereocenters. The van der Waals surface area contributed by atoms with E-state index in [9.17, 15) is 14.4 Å². The van der Waals surface area contributed by atoms with Gasteiger partial charge in [-0.05, 0) is 18.2 Å². The van der Waals surface area contributed by atoms with Crippen LogP contribution in [0.5, 0.6) is 0 Å². The van der Waals surface area contributed by atoms with Gasteiger partial charge in [0.05, 0.1) is 24.9 Å². The molecule has 21 heavy (non-hydrogen) atoms. The summed E-state index contributed by atoms with van der Waals surface area (Å²) in [6.45, 7) is 0.116. The number of aromatic nitrogens is 3. The van der Waals surface area contributed by atoms with E-state index in [0.29, 0.717) is 11.3 Å². The van der Waals surface area contributed by atoms with E-state index < -0.39 is 11.9 Å². The van der Waals surface area contributed by atoms with Crippen molar-refractivity contribution in [3.05, 3.63) is 57.8 Å². The molecule has 2 rings (SSSR count). The van der Waals surface area contributed by atoms with Crippen molar-refractivity contribution >= 4 is 11.9 Å². The number of pyridine rings is 1. The third kappa shape index (κ3) is 3.72. The summed E-state index contributed by atoms with van der Waals surface area (Å²) in [5.41, 5.74) is 0.535. The van der Waals surface area contributed by atoms with Gasteiger partial charge in [0, 0.05) is 12.3 Å². The molecule has 0 spiro atoms. The number of rotatable bonds is 4. The molecule has 0 radical (unpaired) electrons. The van der Waals surface area contributed by atoms with Crippen molar-refractivity contribution in [2.24, 2.45) is 0 Å². The summed E-state index contributed by atoms with van der Waals surface area (Å²) in [6.07, 6.45) is 1.45. The number of methoxy groups -OCH3 is 1. The van der Waals surface area contributed by atoms with E-state index in [-0.39, 0.29) is 17.8 Å². The van der Waals surface area contributed by atoms with Gasteiger partial charge in [-0.3, -0.25) is 14.6 Å². The molecule has 0 bridgehead atoms. The number of amides is 1. The van der Waals surface area contributed by atoms with Gasteiger partial charge in [0.25, 0.3) is 11.5 Å². The number of H-pyrrole nitrogens is 1. The number of ether oxygens (including phenoxy) is 1. The molecule has 8 nitrogen and oxygen atoms in total. The van der Waals surface area contributed by atoms with Crippen molar-refractivity contribution in [2.75, 3.05) is 7.11 Å². The second kappa shape index (κ2) is 6.42. The lowest BCUT2D eigenvalue weighted by atomic mass is 10.2. The number of nitrogens with zero attached hydrogens (tertiary/aromatic N) is 2. The SMILES string of the molecule is COC(=O)c1ccnc(CNC(=O)c2ccc(=O)[nH]n2)c1. The Morgan fingerprint density at radius 3 is 2.81 bits per heavy atom. The van der Waals surface area contributed by atoms with Crippen molar-refractivity contribution in [1.82, 2.24) is 20.5 Å². The zero-order chi connectivity index (χ0) is 15.2. The van der Waals surface area contributed by atoms with E-state index in [4.69, 9.17) is 0 Å². The molecule has 2 heterocycles. The van der Waals surface area contributed by atoms with Crippen molar-refractivity contribution in [3.63, 3.8) is 0 Å². The number of hydrogen-bond donors (Lipinski definition) is 2. The molecule has 2 aromatic rings. The van der Waals surface area contributed by atoms with Crippen LogP contribution >= 0.6 is 0 Å². The van der Waals surface area contributed by atoms with Crippen LogP contribution in [-0.4, -0.2) is 34.2 Å². The van der Waals surface area contributed by atoms with Gasteiger partial charge in [-0.25, -0.2) is 9.89 Å².